The van der Waals surface area contributed by atoms with E-state index >= 15 is 0 Å². The van der Waals surface area contributed by atoms with Gasteiger partial charge in [0, 0.05) is 0 Å². The Kier molecular flexibility index (Phi) is 2.95. The Labute approximate surface area is 115 Å². The molecular weight excluding hydrogens is 252 g/mol. The molecule has 0 bridgehead atoms. The highest BCUT2D eigenvalue weighted by molar-refractivity contribution is 5.67. The number of H-pyrrole nitrogens is 1. The van der Waals surface area contributed by atoms with Crippen molar-refractivity contribution in [3.8, 4) is 0 Å². The molecule has 0 saturated carbocycles. The Morgan fingerprint density at radius 3 is 2.80 bits per heavy atom. The van der Waals surface area contributed by atoms with E-state index in [9.17, 15) is 4.79 Å². The molecule has 2 aromatic heterocycles. The van der Waals surface area contributed by atoms with Gasteiger partial charge in [0.1, 0.15) is 0 Å². The lowest BCUT2D eigenvalue weighted by molar-refractivity contribution is 0.630. The minimum Gasteiger partial charge on any atom is -0.289 e. The second-order valence-corrected chi connectivity index (χ2v) is 4.56. The first-order valence-electron chi connectivity index (χ1n) is 6.35. The van der Waals surface area contributed by atoms with Crippen LogP contribution in [0.15, 0.2) is 47.9 Å². The van der Waals surface area contributed by atoms with Gasteiger partial charge in [0.2, 0.25) is 0 Å². The summed E-state index contributed by atoms with van der Waals surface area (Å²) >= 11 is 0. The van der Waals surface area contributed by atoms with Gasteiger partial charge < -0.3 is 0 Å². The fraction of sp³-hybridized carbons (Fsp3) is 0.133. The van der Waals surface area contributed by atoms with Crippen LogP contribution in [0.1, 0.15) is 24.2 Å². The van der Waals surface area contributed by atoms with Crippen LogP contribution in [0, 0.1) is 0 Å². The van der Waals surface area contributed by atoms with E-state index in [1.54, 1.807) is 16.8 Å². The molecule has 100 valence electrons. The SMILES string of the molecule is C=Cc1cnc2[nH]c(=O)n([C@H](C)c3ccccc3)c2n1. The van der Waals surface area contributed by atoms with Gasteiger partial charge in [-0.1, -0.05) is 36.9 Å². The second kappa shape index (κ2) is 4.77. The van der Waals surface area contributed by atoms with Gasteiger partial charge in [-0.3, -0.25) is 9.55 Å². The summed E-state index contributed by atoms with van der Waals surface area (Å²) in [5, 5.41) is 0. The van der Waals surface area contributed by atoms with Crippen molar-refractivity contribution in [2.24, 2.45) is 0 Å². The number of aromatic nitrogens is 4. The highest BCUT2D eigenvalue weighted by Crippen LogP contribution is 2.19. The van der Waals surface area contributed by atoms with Crippen molar-refractivity contribution in [3.63, 3.8) is 0 Å². The number of aromatic amines is 1. The van der Waals surface area contributed by atoms with E-state index in [0.717, 1.165) is 5.56 Å². The van der Waals surface area contributed by atoms with Gasteiger partial charge in [-0.05, 0) is 18.6 Å². The van der Waals surface area contributed by atoms with Crippen molar-refractivity contribution in [2.75, 3.05) is 0 Å². The maximum absolute atomic E-state index is 12.2. The Morgan fingerprint density at radius 2 is 2.10 bits per heavy atom. The molecule has 3 rings (SSSR count). The quantitative estimate of drug-likeness (QED) is 0.791. The first kappa shape index (κ1) is 12.3. The van der Waals surface area contributed by atoms with Crippen molar-refractivity contribution in [3.05, 3.63) is 64.8 Å². The molecule has 1 atom stereocenters. The Bertz CT molecular complexity index is 817. The van der Waals surface area contributed by atoms with Crippen LogP contribution >= 0.6 is 0 Å². The summed E-state index contributed by atoms with van der Waals surface area (Å²) in [5.74, 6) is 0. The number of hydrogen-bond donors (Lipinski definition) is 1. The third-order valence-corrected chi connectivity index (χ3v) is 3.32. The van der Waals surface area contributed by atoms with Crippen LogP contribution in [0.4, 0.5) is 0 Å². The van der Waals surface area contributed by atoms with E-state index in [1.807, 2.05) is 37.3 Å². The first-order valence-corrected chi connectivity index (χ1v) is 6.35. The second-order valence-electron chi connectivity index (χ2n) is 4.56. The highest BCUT2D eigenvalue weighted by Gasteiger charge is 2.16. The number of nitrogens with zero attached hydrogens (tertiary/aromatic N) is 3. The fourth-order valence-electron chi connectivity index (χ4n) is 2.24. The van der Waals surface area contributed by atoms with Gasteiger partial charge in [-0.15, -0.1) is 0 Å². The number of rotatable bonds is 3. The maximum atomic E-state index is 12.2. The van der Waals surface area contributed by atoms with Crippen molar-refractivity contribution >= 4 is 17.4 Å². The summed E-state index contributed by atoms with van der Waals surface area (Å²) < 4.78 is 1.62. The maximum Gasteiger partial charge on any atom is 0.329 e. The van der Waals surface area contributed by atoms with Crippen LogP contribution in [0.2, 0.25) is 0 Å². The van der Waals surface area contributed by atoms with Crippen molar-refractivity contribution in [1.29, 1.82) is 0 Å². The van der Waals surface area contributed by atoms with Crippen LogP contribution in [-0.4, -0.2) is 19.5 Å². The molecule has 2 heterocycles. The zero-order valence-corrected chi connectivity index (χ0v) is 11.1. The zero-order valence-electron chi connectivity index (χ0n) is 11.1. The molecule has 1 N–H and O–H groups in total. The molecule has 0 saturated heterocycles. The summed E-state index contributed by atoms with van der Waals surface area (Å²) in [4.78, 5) is 23.5. The lowest BCUT2D eigenvalue weighted by Crippen LogP contribution is -2.21. The molecule has 0 aliphatic heterocycles. The highest BCUT2D eigenvalue weighted by atomic mass is 16.1. The largest absolute Gasteiger partial charge is 0.329 e. The van der Waals surface area contributed by atoms with E-state index in [1.165, 1.54) is 0 Å². The minimum absolute atomic E-state index is 0.119. The molecule has 0 fully saturated rings. The smallest absolute Gasteiger partial charge is 0.289 e. The number of imidazole rings is 1. The van der Waals surface area contributed by atoms with Crippen LogP contribution in [0.5, 0.6) is 0 Å². The molecule has 0 amide bonds. The van der Waals surface area contributed by atoms with E-state index in [0.29, 0.717) is 17.0 Å². The van der Waals surface area contributed by atoms with E-state index in [2.05, 4.69) is 21.5 Å². The van der Waals surface area contributed by atoms with Gasteiger partial charge in [-0.2, -0.15) is 0 Å². The molecule has 3 aromatic rings. The topological polar surface area (TPSA) is 63.6 Å². The van der Waals surface area contributed by atoms with E-state index < -0.39 is 0 Å². The predicted octanol–water partition coefficient (Wildman–Crippen LogP) is 2.37. The molecule has 0 unspecified atom stereocenters. The normalized spacial score (nSPS) is 12.4. The third-order valence-electron chi connectivity index (χ3n) is 3.32. The summed E-state index contributed by atoms with van der Waals surface area (Å²) in [6.45, 7) is 5.64. The standard InChI is InChI=1S/C15H14N4O/c1-3-12-9-16-13-14(17-12)19(15(20)18-13)10(2)11-7-5-4-6-8-11/h3-10H,1H2,2H3,(H,16,18,20)/t10-/m1/s1. The number of nitrogens with one attached hydrogen (secondary N) is 1. The van der Waals surface area contributed by atoms with Crippen LogP contribution in [-0.2, 0) is 0 Å². The van der Waals surface area contributed by atoms with Crippen molar-refractivity contribution in [1.82, 2.24) is 19.5 Å². The van der Waals surface area contributed by atoms with Crippen LogP contribution < -0.4 is 5.69 Å². The molecule has 1 aromatic carbocycles. The van der Waals surface area contributed by atoms with Crippen molar-refractivity contribution in [2.45, 2.75) is 13.0 Å². The molecule has 5 nitrogen and oxygen atoms in total. The lowest BCUT2D eigenvalue weighted by Gasteiger charge is -2.13. The van der Waals surface area contributed by atoms with Gasteiger partial charge >= 0.3 is 5.69 Å². The number of hydrogen-bond acceptors (Lipinski definition) is 3. The molecule has 0 spiro atoms. The monoisotopic (exact) mass is 266 g/mol. The summed E-state index contributed by atoms with van der Waals surface area (Å²) in [6, 6.07) is 9.71. The summed E-state index contributed by atoms with van der Waals surface area (Å²) in [7, 11) is 0. The van der Waals surface area contributed by atoms with Gasteiger partial charge in [0.05, 0.1) is 17.9 Å². The van der Waals surface area contributed by atoms with Crippen LogP contribution in [0.25, 0.3) is 17.4 Å². The number of benzene rings is 1. The van der Waals surface area contributed by atoms with E-state index in [-0.39, 0.29) is 11.7 Å². The summed E-state index contributed by atoms with van der Waals surface area (Å²) in [5.41, 5.74) is 2.51. The Morgan fingerprint density at radius 1 is 1.35 bits per heavy atom. The third kappa shape index (κ3) is 1.93. The average molecular weight is 266 g/mol. The predicted molar refractivity (Wildman–Crippen MR) is 78.5 cm³/mol. The number of fused-ring (bicyclic) bond motifs is 1. The average Bonchev–Trinajstić information content (AvgIpc) is 2.82. The lowest BCUT2D eigenvalue weighted by atomic mass is 10.1. The molecular formula is C15H14N4O. The zero-order chi connectivity index (χ0) is 14.1. The fourth-order valence-corrected chi connectivity index (χ4v) is 2.24. The first-order chi connectivity index (χ1) is 9.70. The van der Waals surface area contributed by atoms with Gasteiger partial charge in [0.15, 0.2) is 11.3 Å². The van der Waals surface area contributed by atoms with Gasteiger partial charge in [-0.25, -0.2) is 14.8 Å². The molecule has 0 radical (unpaired) electrons. The Balaban J connectivity index is 2.22. The molecule has 5 heteroatoms. The summed E-state index contributed by atoms with van der Waals surface area (Å²) in [6.07, 6.45) is 3.20. The molecule has 0 aliphatic carbocycles. The van der Waals surface area contributed by atoms with Gasteiger partial charge in [0.25, 0.3) is 0 Å². The van der Waals surface area contributed by atoms with Crippen molar-refractivity contribution < 1.29 is 0 Å². The minimum atomic E-state index is -0.211. The van der Waals surface area contributed by atoms with Crippen LogP contribution in [0.3, 0.4) is 0 Å². The molecule has 20 heavy (non-hydrogen) atoms. The Hall–Kier alpha value is -2.69. The van der Waals surface area contributed by atoms with E-state index in [4.69, 9.17) is 0 Å². The molecule has 0 aliphatic rings.